The normalized spacial score (nSPS) is 20.9. The number of hydrogen-bond donors (Lipinski definition) is 1. The summed E-state index contributed by atoms with van der Waals surface area (Å²) in [5.41, 5.74) is 0. The summed E-state index contributed by atoms with van der Waals surface area (Å²) in [6.45, 7) is 4.47. The van der Waals surface area contributed by atoms with E-state index >= 15 is 0 Å². The summed E-state index contributed by atoms with van der Waals surface area (Å²) in [5, 5.41) is 9.79. The zero-order chi connectivity index (χ0) is 12.3. The molecule has 0 aliphatic carbocycles. The molecular weight excluding hydrogens is 236 g/mol. The van der Waals surface area contributed by atoms with Gasteiger partial charge in [0.05, 0.1) is 11.4 Å². The molecule has 0 bridgehead atoms. The van der Waals surface area contributed by atoms with Crippen molar-refractivity contribution in [1.82, 2.24) is 9.88 Å². The van der Waals surface area contributed by atoms with Gasteiger partial charge in [-0.05, 0) is 25.9 Å². The molecule has 2 heterocycles. The Morgan fingerprint density at radius 1 is 1.71 bits per heavy atom. The molecule has 1 aliphatic rings. The molecule has 17 heavy (non-hydrogen) atoms. The lowest BCUT2D eigenvalue weighted by molar-refractivity contribution is -0.136. The van der Waals surface area contributed by atoms with Crippen molar-refractivity contribution in [1.29, 1.82) is 0 Å². The Balaban J connectivity index is 1.94. The van der Waals surface area contributed by atoms with E-state index in [1.54, 1.807) is 17.5 Å². The van der Waals surface area contributed by atoms with E-state index in [0.717, 1.165) is 22.9 Å². The van der Waals surface area contributed by atoms with E-state index in [1.807, 2.05) is 0 Å². The summed E-state index contributed by atoms with van der Waals surface area (Å²) < 4.78 is 0. The van der Waals surface area contributed by atoms with E-state index in [-0.39, 0.29) is 6.42 Å². The van der Waals surface area contributed by atoms with Crippen molar-refractivity contribution in [2.24, 2.45) is 0 Å². The highest BCUT2D eigenvalue weighted by atomic mass is 32.1. The molecular formula is C12H18N2O2S. The van der Waals surface area contributed by atoms with Gasteiger partial charge in [0.1, 0.15) is 0 Å². The number of likely N-dealkylation sites (N-methyl/N-ethyl adjacent to an activating group) is 1. The standard InChI is InChI=1S/C12H18N2O2S/c1-2-14-5-3-4-9(14)6-11-13-8-10(17-11)7-12(15)16/h8-9H,2-7H2,1H3,(H,15,16). The van der Waals surface area contributed by atoms with Crippen molar-refractivity contribution >= 4 is 17.3 Å². The van der Waals surface area contributed by atoms with Gasteiger partial charge in [0.25, 0.3) is 0 Å². The third-order valence-corrected chi connectivity index (χ3v) is 4.26. The molecule has 0 radical (unpaired) electrons. The Bertz CT molecular complexity index is 392. The molecule has 0 saturated carbocycles. The third kappa shape index (κ3) is 3.26. The highest BCUT2D eigenvalue weighted by Crippen LogP contribution is 2.23. The summed E-state index contributed by atoms with van der Waals surface area (Å²) >= 11 is 1.54. The number of thiazole rings is 1. The summed E-state index contributed by atoms with van der Waals surface area (Å²) in [4.78, 5) is 18.3. The number of carbonyl (C=O) groups is 1. The Kier molecular flexibility index (Phi) is 4.12. The Morgan fingerprint density at radius 2 is 2.53 bits per heavy atom. The number of hydrogen-bond acceptors (Lipinski definition) is 4. The lowest BCUT2D eigenvalue weighted by Gasteiger charge is -2.21. The maximum absolute atomic E-state index is 10.6. The van der Waals surface area contributed by atoms with Crippen LogP contribution in [0.4, 0.5) is 0 Å². The summed E-state index contributed by atoms with van der Waals surface area (Å²) in [7, 11) is 0. The fourth-order valence-electron chi connectivity index (χ4n) is 2.42. The van der Waals surface area contributed by atoms with E-state index in [1.165, 1.54) is 19.4 Å². The highest BCUT2D eigenvalue weighted by Gasteiger charge is 2.24. The minimum Gasteiger partial charge on any atom is -0.481 e. The molecule has 1 fully saturated rings. The topological polar surface area (TPSA) is 53.4 Å². The van der Waals surface area contributed by atoms with E-state index < -0.39 is 5.97 Å². The van der Waals surface area contributed by atoms with Crippen molar-refractivity contribution in [2.45, 2.75) is 38.6 Å². The first-order valence-electron chi connectivity index (χ1n) is 6.08. The van der Waals surface area contributed by atoms with Crippen LogP contribution in [0.1, 0.15) is 29.7 Å². The smallest absolute Gasteiger partial charge is 0.308 e. The van der Waals surface area contributed by atoms with E-state index in [0.29, 0.717) is 6.04 Å². The first kappa shape index (κ1) is 12.5. The Hall–Kier alpha value is -0.940. The second-order valence-electron chi connectivity index (χ2n) is 4.42. The van der Waals surface area contributed by atoms with Crippen LogP contribution in [0.2, 0.25) is 0 Å². The van der Waals surface area contributed by atoms with Crippen molar-refractivity contribution in [3.8, 4) is 0 Å². The lowest BCUT2D eigenvalue weighted by Crippen LogP contribution is -2.30. The van der Waals surface area contributed by atoms with Crippen molar-refractivity contribution in [3.63, 3.8) is 0 Å². The second kappa shape index (κ2) is 5.60. The molecule has 1 aromatic heterocycles. The number of aromatic nitrogens is 1. The van der Waals surface area contributed by atoms with Gasteiger partial charge >= 0.3 is 5.97 Å². The fourth-order valence-corrected chi connectivity index (χ4v) is 3.40. The van der Waals surface area contributed by atoms with E-state index in [2.05, 4.69) is 16.8 Å². The lowest BCUT2D eigenvalue weighted by atomic mass is 10.1. The van der Waals surface area contributed by atoms with Crippen LogP contribution in [-0.2, 0) is 17.6 Å². The van der Waals surface area contributed by atoms with Crippen LogP contribution in [0.3, 0.4) is 0 Å². The summed E-state index contributed by atoms with van der Waals surface area (Å²) in [6.07, 6.45) is 5.28. The van der Waals surface area contributed by atoms with Gasteiger partial charge in [0.15, 0.2) is 0 Å². The molecule has 1 saturated heterocycles. The third-order valence-electron chi connectivity index (χ3n) is 3.24. The van der Waals surface area contributed by atoms with Crippen LogP contribution in [0.5, 0.6) is 0 Å². The van der Waals surface area contributed by atoms with E-state index in [9.17, 15) is 4.79 Å². The van der Waals surface area contributed by atoms with Crippen LogP contribution in [-0.4, -0.2) is 40.1 Å². The van der Waals surface area contributed by atoms with E-state index in [4.69, 9.17) is 5.11 Å². The number of nitrogens with zero attached hydrogens (tertiary/aromatic N) is 2. The molecule has 1 N–H and O–H groups in total. The summed E-state index contributed by atoms with van der Waals surface area (Å²) in [6, 6.07) is 0.601. The highest BCUT2D eigenvalue weighted by molar-refractivity contribution is 7.11. The van der Waals surface area contributed by atoms with Crippen molar-refractivity contribution < 1.29 is 9.90 Å². The van der Waals surface area contributed by atoms with Crippen LogP contribution in [0, 0.1) is 0 Å². The van der Waals surface area contributed by atoms with Gasteiger partial charge < -0.3 is 10.0 Å². The molecule has 1 unspecified atom stereocenters. The average molecular weight is 254 g/mol. The zero-order valence-corrected chi connectivity index (χ0v) is 10.9. The Morgan fingerprint density at radius 3 is 3.24 bits per heavy atom. The average Bonchev–Trinajstić information content (AvgIpc) is 2.87. The molecule has 2 rings (SSSR count). The number of rotatable bonds is 5. The monoisotopic (exact) mass is 254 g/mol. The van der Waals surface area contributed by atoms with Gasteiger partial charge in [-0.15, -0.1) is 11.3 Å². The predicted molar refractivity (Wildman–Crippen MR) is 67.4 cm³/mol. The molecule has 94 valence electrons. The minimum atomic E-state index is -0.781. The number of likely N-dealkylation sites (tertiary alicyclic amines) is 1. The van der Waals surface area contributed by atoms with Crippen LogP contribution in [0.25, 0.3) is 0 Å². The molecule has 0 spiro atoms. The molecule has 0 amide bonds. The van der Waals surface area contributed by atoms with Gasteiger partial charge in [-0.2, -0.15) is 0 Å². The maximum atomic E-state index is 10.6. The van der Waals surface area contributed by atoms with Crippen LogP contribution in [0.15, 0.2) is 6.20 Å². The van der Waals surface area contributed by atoms with Crippen LogP contribution >= 0.6 is 11.3 Å². The first-order valence-corrected chi connectivity index (χ1v) is 6.90. The number of carboxylic acid groups (broad SMARTS) is 1. The first-order chi connectivity index (χ1) is 8.19. The van der Waals surface area contributed by atoms with Crippen molar-refractivity contribution in [3.05, 3.63) is 16.1 Å². The Labute approximate surface area is 105 Å². The van der Waals surface area contributed by atoms with Gasteiger partial charge in [0.2, 0.25) is 0 Å². The quantitative estimate of drug-likeness (QED) is 0.870. The summed E-state index contributed by atoms with van der Waals surface area (Å²) in [5.74, 6) is -0.781. The molecule has 5 heteroatoms. The van der Waals surface area contributed by atoms with Gasteiger partial charge in [-0.25, -0.2) is 4.98 Å². The van der Waals surface area contributed by atoms with Gasteiger partial charge in [-0.3, -0.25) is 4.79 Å². The molecule has 4 nitrogen and oxygen atoms in total. The predicted octanol–water partition coefficient (Wildman–Crippen LogP) is 1.80. The second-order valence-corrected chi connectivity index (χ2v) is 5.62. The molecule has 1 aromatic rings. The van der Waals surface area contributed by atoms with Gasteiger partial charge in [-0.1, -0.05) is 6.92 Å². The number of aliphatic carboxylic acids is 1. The van der Waals surface area contributed by atoms with Crippen LogP contribution < -0.4 is 0 Å². The molecule has 0 aromatic carbocycles. The fraction of sp³-hybridized carbons (Fsp3) is 0.667. The maximum Gasteiger partial charge on any atom is 0.308 e. The molecule has 1 atom stereocenters. The SMILES string of the molecule is CCN1CCCC1Cc1ncc(CC(=O)O)s1. The van der Waals surface area contributed by atoms with Gasteiger partial charge in [0, 0.05) is 23.5 Å². The largest absolute Gasteiger partial charge is 0.481 e. The van der Waals surface area contributed by atoms with Crippen molar-refractivity contribution in [2.75, 3.05) is 13.1 Å². The molecule has 1 aliphatic heterocycles. The number of carboxylic acids is 1. The zero-order valence-electron chi connectivity index (χ0n) is 10.1. The minimum absolute atomic E-state index is 0.0970.